The normalized spacial score (nSPS) is 10.3. The van der Waals surface area contributed by atoms with E-state index in [9.17, 15) is 9.59 Å². The van der Waals surface area contributed by atoms with E-state index in [0.29, 0.717) is 19.5 Å². The summed E-state index contributed by atoms with van der Waals surface area (Å²) in [4.78, 5) is 25.7. The zero-order chi connectivity index (χ0) is 15.2. The third-order valence-corrected chi connectivity index (χ3v) is 4.09. The van der Waals surface area contributed by atoms with Crippen LogP contribution in [0.25, 0.3) is 0 Å². The SMILES string of the molecule is C=CCN(C(=O)CCn1c(C)csc1=O)c1ccccc1. The highest BCUT2D eigenvalue weighted by atomic mass is 32.1. The third-order valence-electron chi connectivity index (χ3n) is 3.21. The van der Waals surface area contributed by atoms with Crippen LogP contribution in [0.4, 0.5) is 5.69 Å². The Bertz CT molecular complexity index is 673. The van der Waals surface area contributed by atoms with Gasteiger partial charge in [0.25, 0.3) is 0 Å². The summed E-state index contributed by atoms with van der Waals surface area (Å²) in [6.07, 6.45) is 1.99. The molecule has 1 amide bonds. The number of hydrogen-bond donors (Lipinski definition) is 0. The molecule has 2 rings (SSSR count). The lowest BCUT2D eigenvalue weighted by Crippen LogP contribution is -2.32. The summed E-state index contributed by atoms with van der Waals surface area (Å²) in [5, 5.41) is 1.81. The smallest absolute Gasteiger partial charge is 0.307 e. The van der Waals surface area contributed by atoms with Crippen molar-refractivity contribution in [3.8, 4) is 0 Å². The number of anilines is 1. The maximum atomic E-state index is 12.4. The van der Waals surface area contributed by atoms with Gasteiger partial charge in [-0.2, -0.15) is 0 Å². The molecular formula is C16H18N2O2S. The number of aromatic nitrogens is 1. The summed E-state index contributed by atoms with van der Waals surface area (Å²) in [6.45, 7) is 6.44. The number of benzene rings is 1. The number of amides is 1. The van der Waals surface area contributed by atoms with Gasteiger partial charge in [0.15, 0.2) is 0 Å². The third kappa shape index (κ3) is 3.70. The van der Waals surface area contributed by atoms with Gasteiger partial charge in [0, 0.05) is 36.3 Å². The number of carbonyl (C=O) groups is 1. The number of hydrogen-bond acceptors (Lipinski definition) is 3. The van der Waals surface area contributed by atoms with Gasteiger partial charge in [0.2, 0.25) is 5.91 Å². The van der Waals surface area contributed by atoms with Gasteiger partial charge >= 0.3 is 4.87 Å². The molecule has 21 heavy (non-hydrogen) atoms. The number of para-hydroxylation sites is 1. The van der Waals surface area contributed by atoms with E-state index >= 15 is 0 Å². The number of carbonyl (C=O) groups excluding carboxylic acids is 1. The molecule has 0 fully saturated rings. The summed E-state index contributed by atoms with van der Waals surface area (Å²) in [5.41, 5.74) is 1.74. The molecule has 0 saturated heterocycles. The van der Waals surface area contributed by atoms with Crippen LogP contribution in [-0.4, -0.2) is 17.0 Å². The van der Waals surface area contributed by atoms with Crippen LogP contribution in [0.3, 0.4) is 0 Å². The van der Waals surface area contributed by atoms with E-state index in [-0.39, 0.29) is 10.8 Å². The summed E-state index contributed by atoms with van der Waals surface area (Å²) in [6, 6.07) is 9.49. The molecule has 0 aliphatic rings. The summed E-state index contributed by atoms with van der Waals surface area (Å²) < 4.78 is 1.64. The molecule has 0 spiro atoms. The average molecular weight is 302 g/mol. The minimum Gasteiger partial charge on any atom is -0.309 e. The molecule has 5 heteroatoms. The Morgan fingerprint density at radius 3 is 2.67 bits per heavy atom. The van der Waals surface area contributed by atoms with E-state index in [1.165, 1.54) is 0 Å². The molecule has 0 atom stereocenters. The monoisotopic (exact) mass is 302 g/mol. The summed E-state index contributed by atoms with van der Waals surface area (Å²) in [7, 11) is 0. The van der Waals surface area contributed by atoms with Crippen molar-refractivity contribution < 1.29 is 4.79 Å². The second kappa shape index (κ2) is 7.04. The molecular weight excluding hydrogens is 284 g/mol. The molecule has 1 aromatic carbocycles. The van der Waals surface area contributed by atoms with E-state index < -0.39 is 0 Å². The largest absolute Gasteiger partial charge is 0.309 e. The molecule has 1 heterocycles. The summed E-state index contributed by atoms with van der Waals surface area (Å²) in [5.74, 6) is -0.0152. The number of thiazole rings is 1. The fourth-order valence-electron chi connectivity index (χ4n) is 2.11. The minimum absolute atomic E-state index is 0.0152. The van der Waals surface area contributed by atoms with Crippen molar-refractivity contribution in [1.29, 1.82) is 0 Å². The van der Waals surface area contributed by atoms with Crippen LogP contribution in [-0.2, 0) is 11.3 Å². The number of nitrogens with zero attached hydrogens (tertiary/aromatic N) is 2. The molecule has 2 aromatic rings. The maximum Gasteiger partial charge on any atom is 0.307 e. The molecule has 0 N–H and O–H groups in total. The molecule has 0 bridgehead atoms. The maximum absolute atomic E-state index is 12.4. The van der Waals surface area contributed by atoms with Gasteiger partial charge in [0.1, 0.15) is 0 Å². The van der Waals surface area contributed by atoms with Gasteiger partial charge in [-0.05, 0) is 19.1 Å². The van der Waals surface area contributed by atoms with Gasteiger partial charge in [-0.3, -0.25) is 9.59 Å². The van der Waals surface area contributed by atoms with Gasteiger partial charge in [0.05, 0.1) is 0 Å². The van der Waals surface area contributed by atoms with Crippen LogP contribution in [0.5, 0.6) is 0 Å². The molecule has 1 aromatic heterocycles. The van der Waals surface area contributed by atoms with Crippen molar-refractivity contribution in [3.05, 3.63) is 63.7 Å². The Balaban J connectivity index is 2.09. The predicted octanol–water partition coefficient (Wildman–Crippen LogP) is 2.83. The quantitative estimate of drug-likeness (QED) is 0.770. The van der Waals surface area contributed by atoms with Crippen molar-refractivity contribution >= 4 is 22.9 Å². The van der Waals surface area contributed by atoms with E-state index in [2.05, 4.69) is 6.58 Å². The number of aryl methyl sites for hydroxylation is 1. The highest BCUT2D eigenvalue weighted by molar-refractivity contribution is 7.07. The van der Waals surface area contributed by atoms with Crippen molar-refractivity contribution in [2.75, 3.05) is 11.4 Å². The van der Waals surface area contributed by atoms with Gasteiger partial charge in [-0.25, -0.2) is 0 Å². The van der Waals surface area contributed by atoms with E-state index in [1.807, 2.05) is 42.6 Å². The van der Waals surface area contributed by atoms with Crippen LogP contribution in [0.15, 0.2) is 53.2 Å². The first-order valence-corrected chi connectivity index (χ1v) is 7.62. The van der Waals surface area contributed by atoms with Crippen molar-refractivity contribution in [2.24, 2.45) is 0 Å². The molecule has 0 aliphatic carbocycles. The fraction of sp³-hybridized carbons (Fsp3) is 0.250. The van der Waals surface area contributed by atoms with Crippen LogP contribution in [0.2, 0.25) is 0 Å². The first-order valence-electron chi connectivity index (χ1n) is 6.74. The average Bonchev–Trinajstić information content (AvgIpc) is 2.82. The first-order chi connectivity index (χ1) is 10.1. The van der Waals surface area contributed by atoms with E-state index in [1.54, 1.807) is 15.5 Å². The van der Waals surface area contributed by atoms with Crippen molar-refractivity contribution in [1.82, 2.24) is 4.57 Å². The molecule has 110 valence electrons. The molecule has 0 radical (unpaired) electrons. The van der Waals surface area contributed by atoms with Crippen LogP contribution in [0, 0.1) is 6.92 Å². The lowest BCUT2D eigenvalue weighted by atomic mass is 10.2. The highest BCUT2D eigenvalue weighted by Gasteiger charge is 2.15. The first kappa shape index (κ1) is 15.3. The van der Waals surface area contributed by atoms with Gasteiger partial charge in [-0.1, -0.05) is 35.6 Å². The Labute approximate surface area is 128 Å². The minimum atomic E-state index is -0.0183. The second-order valence-electron chi connectivity index (χ2n) is 4.67. The zero-order valence-electron chi connectivity index (χ0n) is 12.0. The Morgan fingerprint density at radius 2 is 2.10 bits per heavy atom. The lowest BCUT2D eigenvalue weighted by molar-refractivity contribution is -0.118. The predicted molar refractivity (Wildman–Crippen MR) is 86.9 cm³/mol. The van der Waals surface area contributed by atoms with E-state index in [4.69, 9.17) is 0 Å². The lowest BCUT2D eigenvalue weighted by Gasteiger charge is -2.21. The Hall–Kier alpha value is -2.14. The fourth-order valence-corrected chi connectivity index (χ4v) is 2.87. The van der Waals surface area contributed by atoms with Crippen LogP contribution in [0.1, 0.15) is 12.1 Å². The van der Waals surface area contributed by atoms with Crippen LogP contribution >= 0.6 is 11.3 Å². The Morgan fingerprint density at radius 1 is 1.38 bits per heavy atom. The van der Waals surface area contributed by atoms with Crippen molar-refractivity contribution in [3.63, 3.8) is 0 Å². The topological polar surface area (TPSA) is 42.3 Å². The Kier molecular flexibility index (Phi) is 5.11. The molecule has 0 unspecified atom stereocenters. The van der Waals surface area contributed by atoms with Crippen LogP contribution < -0.4 is 9.77 Å². The molecule has 0 aliphatic heterocycles. The second-order valence-corrected chi connectivity index (χ2v) is 5.49. The van der Waals surface area contributed by atoms with Gasteiger partial charge < -0.3 is 9.47 Å². The zero-order valence-corrected chi connectivity index (χ0v) is 12.8. The summed E-state index contributed by atoms with van der Waals surface area (Å²) >= 11 is 1.16. The highest BCUT2D eigenvalue weighted by Crippen LogP contribution is 2.15. The molecule has 0 saturated carbocycles. The van der Waals surface area contributed by atoms with E-state index in [0.717, 1.165) is 22.7 Å². The number of rotatable bonds is 6. The standard InChI is InChI=1S/C16H18N2O2S/c1-3-10-18(14-7-5-4-6-8-14)15(19)9-11-17-13(2)12-21-16(17)20/h3-8,12H,1,9-11H2,2H3. The molecule has 4 nitrogen and oxygen atoms in total. The van der Waals surface area contributed by atoms with Gasteiger partial charge in [-0.15, -0.1) is 6.58 Å². The van der Waals surface area contributed by atoms with Crippen molar-refractivity contribution in [2.45, 2.75) is 19.9 Å².